The highest BCUT2D eigenvalue weighted by atomic mass is 16.6. The number of hydrazone groups is 1. The highest BCUT2D eigenvalue weighted by Crippen LogP contribution is 2.15. The van der Waals surface area contributed by atoms with Crippen LogP contribution < -0.4 is 20.2 Å². The van der Waals surface area contributed by atoms with Crippen LogP contribution in [0.3, 0.4) is 0 Å². The Morgan fingerprint density at radius 1 is 0.967 bits per heavy atom. The summed E-state index contributed by atoms with van der Waals surface area (Å²) < 4.78 is 15.1. The van der Waals surface area contributed by atoms with Gasteiger partial charge in [-0.3, -0.25) is 9.59 Å². The van der Waals surface area contributed by atoms with Crippen LogP contribution in [0.25, 0.3) is 0 Å². The normalized spacial score (nSPS) is 10.3. The van der Waals surface area contributed by atoms with Crippen molar-refractivity contribution in [3.63, 3.8) is 0 Å². The number of rotatable bonds is 10. The number of carbonyl (C=O) groups excluding carboxylic acids is 3. The summed E-state index contributed by atoms with van der Waals surface area (Å²) in [7, 11) is 1.28. The minimum atomic E-state index is -0.478. The van der Waals surface area contributed by atoms with Gasteiger partial charge in [0.05, 0.1) is 19.9 Å². The van der Waals surface area contributed by atoms with Crippen molar-refractivity contribution >= 4 is 24.0 Å². The monoisotopic (exact) mass is 413 g/mol. The number of esters is 1. The molecule has 0 bridgehead atoms. The first-order valence-electron chi connectivity index (χ1n) is 9.04. The molecule has 0 spiro atoms. The molecule has 0 saturated heterocycles. The molecule has 0 unspecified atom stereocenters. The summed E-state index contributed by atoms with van der Waals surface area (Å²) in [5, 5.41) is 6.27. The average molecular weight is 413 g/mol. The van der Waals surface area contributed by atoms with E-state index in [-0.39, 0.29) is 19.8 Å². The first-order valence-corrected chi connectivity index (χ1v) is 9.04. The molecule has 2 N–H and O–H groups in total. The number of carbonyl (C=O) groups is 3. The molecular weight excluding hydrogens is 390 g/mol. The van der Waals surface area contributed by atoms with E-state index in [2.05, 4.69) is 20.6 Å². The van der Waals surface area contributed by atoms with Crippen molar-refractivity contribution < 1.29 is 28.6 Å². The Kier molecular flexibility index (Phi) is 8.85. The number of para-hydroxylation sites is 1. The number of methoxy groups -OCH3 is 1. The molecule has 2 aromatic rings. The minimum Gasteiger partial charge on any atom is -0.484 e. The number of hydrogen-bond donors (Lipinski definition) is 2. The summed E-state index contributed by atoms with van der Waals surface area (Å²) in [5.74, 6) is -0.258. The molecule has 2 amide bonds. The number of aryl methyl sites for hydroxylation is 1. The standard InChI is InChI=1S/C21H23N3O6/c1-15-5-3-4-6-18(15)30-13-20(26)22-12-19(25)24-23-11-16-7-9-17(10-8-16)29-14-21(27)28-2/h3-11H,12-14H2,1-2H3,(H,22,26)(H,24,25)/b23-11+. The zero-order chi connectivity index (χ0) is 21.8. The minimum absolute atomic E-state index is 0.179. The van der Waals surface area contributed by atoms with Gasteiger partial charge < -0.3 is 19.5 Å². The maximum Gasteiger partial charge on any atom is 0.343 e. The molecule has 0 radical (unpaired) electrons. The second-order valence-corrected chi connectivity index (χ2v) is 6.06. The third-order valence-electron chi connectivity index (χ3n) is 3.77. The molecule has 158 valence electrons. The maximum absolute atomic E-state index is 11.8. The Hall–Kier alpha value is -3.88. The summed E-state index contributed by atoms with van der Waals surface area (Å²) in [6.45, 7) is 1.28. The number of nitrogens with zero attached hydrogens (tertiary/aromatic N) is 1. The van der Waals surface area contributed by atoms with Crippen molar-refractivity contribution in [2.24, 2.45) is 5.10 Å². The SMILES string of the molecule is COC(=O)COc1ccc(/C=N/NC(=O)CNC(=O)COc2ccccc2C)cc1. The second-order valence-electron chi connectivity index (χ2n) is 6.06. The lowest BCUT2D eigenvalue weighted by atomic mass is 10.2. The van der Waals surface area contributed by atoms with Crippen LogP contribution in [0.5, 0.6) is 11.5 Å². The highest BCUT2D eigenvalue weighted by Gasteiger charge is 2.07. The Bertz CT molecular complexity index is 896. The molecule has 0 atom stereocenters. The van der Waals surface area contributed by atoms with Gasteiger partial charge in [-0.2, -0.15) is 5.10 Å². The number of benzene rings is 2. The Morgan fingerprint density at radius 3 is 2.40 bits per heavy atom. The lowest BCUT2D eigenvalue weighted by Crippen LogP contribution is -2.37. The average Bonchev–Trinajstić information content (AvgIpc) is 2.76. The van der Waals surface area contributed by atoms with Crippen molar-refractivity contribution in [1.29, 1.82) is 0 Å². The summed E-state index contributed by atoms with van der Waals surface area (Å²) in [6.07, 6.45) is 1.44. The molecule has 0 saturated carbocycles. The third kappa shape index (κ3) is 8.01. The van der Waals surface area contributed by atoms with Gasteiger partial charge in [0.25, 0.3) is 11.8 Å². The largest absolute Gasteiger partial charge is 0.484 e. The fraction of sp³-hybridized carbons (Fsp3) is 0.238. The van der Waals surface area contributed by atoms with Crippen molar-refractivity contribution in [2.45, 2.75) is 6.92 Å². The molecule has 9 nitrogen and oxygen atoms in total. The quantitative estimate of drug-likeness (QED) is 0.344. The molecule has 0 aliphatic carbocycles. The molecule has 2 aromatic carbocycles. The number of hydrogen-bond acceptors (Lipinski definition) is 7. The van der Waals surface area contributed by atoms with Crippen LogP contribution >= 0.6 is 0 Å². The number of ether oxygens (including phenoxy) is 3. The van der Waals surface area contributed by atoms with E-state index in [0.717, 1.165) is 5.56 Å². The second kappa shape index (κ2) is 11.8. The summed E-state index contributed by atoms with van der Waals surface area (Å²) in [5.41, 5.74) is 3.94. The fourth-order valence-corrected chi connectivity index (χ4v) is 2.16. The van der Waals surface area contributed by atoms with E-state index in [4.69, 9.17) is 9.47 Å². The van der Waals surface area contributed by atoms with Gasteiger partial charge in [0.1, 0.15) is 11.5 Å². The molecule has 0 aromatic heterocycles. The predicted molar refractivity (Wildman–Crippen MR) is 109 cm³/mol. The molecule has 30 heavy (non-hydrogen) atoms. The van der Waals surface area contributed by atoms with E-state index in [1.165, 1.54) is 13.3 Å². The van der Waals surface area contributed by atoms with Crippen LogP contribution in [0.15, 0.2) is 53.6 Å². The van der Waals surface area contributed by atoms with E-state index in [1.807, 2.05) is 25.1 Å². The van der Waals surface area contributed by atoms with E-state index in [1.54, 1.807) is 30.3 Å². The Balaban J connectivity index is 1.67. The van der Waals surface area contributed by atoms with Crippen LogP contribution in [0.2, 0.25) is 0 Å². The number of nitrogens with one attached hydrogen (secondary N) is 2. The molecule has 0 heterocycles. The first kappa shape index (κ1) is 22.4. The number of amides is 2. The van der Waals surface area contributed by atoms with E-state index in [0.29, 0.717) is 17.1 Å². The van der Waals surface area contributed by atoms with Gasteiger partial charge in [-0.15, -0.1) is 0 Å². The van der Waals surface area contributed by atoms with Crippen molar-refractivity contribution in [2.75, 3.05) is 26.9 Å². The fourth-order valence-electron chi connectivity index (χ4n) is 2.16. The van der Waals surface area contributed by atoms with Crippen LogP contribution in [0.4, 0.5) is 0 Å². The van der Waals surface area contributed by atoms with E-state index < -0.39 is 17.8 Å². The molecule has 0 aliphatic rings. The molecule has 9 heteroatoms. The highest BCUT2D eigenvalue weighted by molar-refractivity contribution is 5.86. The zero-order valence-corrected chi connectivity index (χ0v) is 16.7. The van der Waals surface area contributed by atoms with Gasteiger partial charge in [-0.1, -0.05) is 18.2 Å². The van der Waals surface area contributed by atoms with Crippen LogP contribution in [0, 0.1) is 6.92 Å². The Labute approximate surface area is 174 Å². The van der Waals surface area contributed by atoms with Gasteiger partial charge in [0, 0.05) is 0 Å². The predicted octanol–water partition coefficient (Wildman–Crippen LogP) is 1.19. The molecule has 2 rings (SSSR count). The van der Waals surface area contributed by atoms with Crippen LogP contribution in [-0.4, -0.2) is 50.9 Å². The molecule has 0 aliphatic heterocycles. The van der Waals surface area contributed by atoms with Crippen LogP contribution in [0.1, 0.15) is 11.1 Å². The van der Waals surface area contributed by atoms with Crippen molar-refractivity contribution in [3.8, 4) is 11.5 Å². The summed E-state index contributed by atoms with van der Waals surface area (Å²) in [6, 6.07) is 14.0. The van der Waals surface area contributed by atoms with Gasteiger partial charge >= 0.3 is 5.97 Å². The maximum atomic E-state index is 11.8. The van der Waals surface area contributed by atoms with Gasteiger partial charge in [0.2, 0.25) is 0 Å². The van der Waals surface area contributed by atoms with E-state index in [9.17, 15) is 14.4 Å². The Morgan fingerprint density at radius 2 is 1.70 bits per heavy atom. The third-order valence-corrected chi connectivity index (χ3v) is 3.77. The zero-order valence-electron chi connectivity index (χ0n) is 16.7. The van der Waals surface area contributed by atoms with Crippen molar-refractivity contribution in [3.05, 3.63) is 59.7 Å². The smallest absolute Gasteiger partial charge is 0.343 e. The summed E-state index contributed by atoms with van der Waals surface area (Å²) in [4.78, 5) is 34.6. The van der Waals surface area contributed by atoms with Crippen LogP contribution in [-0.2, 0) is 19.1 Å². The molecule has 0 fully saturated rings. The first-order chi connectivity index (χ1) is 14.5. The van der Waals surface area contributed by atoms with Gasteiger partial charge in [-0.05, 0) is 48.4 Å². The lowest BCUT2D eigenvalue weighted by Gasteiger charge is -2.08. The van der Waals surface area contributed by atoms with Gasteiger partial charge in [0.15, 0.2) is 13.2 Å². The molecular formula is C21H23N3O6. The summed E-state index contributed by atoms with van der Waals surface area (Å²) >= 11 is 0. The lowest BCUT2D eigenvalue weighted by molar-refractivity contribution is -0.142. The van der Waals surface area contributed by atoms with E-state index >= 15 is 0 Å². The topological polar surface area (TPSA) is 115 Å². The van der Waals surface area contributed by atoms with Gasteiger partial charge in [-0.25, -0.2) is 10.2 Å². The van der Waals surface area contributed by atoms with Crippen molar-refractivity contribution in [1.82, 2.24) is 10.7 Å².